The van der Waals surface area contributed by atoms with E-state index in [0.29, 0.717) is 17.1 Å². The number of carbonyl (C=O) groups excluding carboxylic acids is 1. The highest BCUT2D eigenvalue weighted by Gasteiger charge is 2.65. The maximum absolute atomic E-state index is 13.0. The van der Waals surface area contributed by atoms with E-state index in [1.165, 1.54) is 13.3 Å². The normalized spacial score (nSPS) is 20.3. The highest BCUT2D eigenvalue weighted by atomic mass is 31.2. The van der Waals surface area contributed by atoms with Crippen LogP contribution in [0.1, 0.15) is 23.5 Å². The van der Waals surface area contributed by atoms with E-state index in [2.05, 4.69) is 30.8 Å². The summed E-state index contributed by atoms with van der Waals surface area (Å²) in [6.45, 7) is 3.27. The average Bonchev–Trinajstić information content (AvgIpc) is 3.42. The van der Waals surface area contributed by atoms with Gasteiger partial charge < -0.3 is 24.7 Å². The smallest absolute Gasteiger partial charge is 0.258 e. The van der Waals surface area contributed by atoms with Crippen molar-refractivity contribution in [2.75, 3.05) is 38.2 Å². The first-order valence-electron chi connectivity index (χ1n) is 11.5. The Bertz CT molecular complexity index is 1590. The van der Waals surface area contributed by atoms with Gasteiger partial charge in [0.2, 0.25) is 5.91 Å². The number of hydrogen-bond donors (Lipinski definition) is 3. The number of benzene rings is 2. The molecule has 4 aromatic rings. The lowest BCUT2D eigenvalue weighted by Gasteiger charge is -2.11. The molecule has 2 aromatic carbocycles. The first-order chi connectivity index (χ1) is 17.2. The summed E-state index contributed by atoms with van der Waals surface area (Å²) >= 11 is 0. The van der Waals surface area contributed by atoms with E-state index in [-0.39, 0.29) is 17.7 Å². The Morgan fingerprint density at radius 3 is 2.69 bits per heavy atom. The Morgan fingerprint density at radius 2 is 1.94 bits per heavy atom. The second-order valence-corrected chi connectivity index (χ2v) is 12.7. The number of rotatable bonds is 6. The van der Waals surface area contributed by atoms with Crippen LogP contribution in [0, 0.1) is 0 Å². The van der Waals surface area contributed by atoms with E-state index in [0.717, 1.165) is 39.9 Å². The fourth-order valence-corrected chi connectivity index (χ4v) is 5.68. The lowest BCUT2D eigenvalue weighted by Crippen LogP contribution is -2.21. The van der Waals surface area contributed by atoms with Crippen LogP contribution in [0.2, 0.25) is 0 Å². The Labute approximate surface area is 207 Å². The Balaban J connectivity index is 1.30. The number of amides is 1. The topological polar surface area (TPSA) is 131 Å². The predicted molar refractivity (Wildman–Crippen MR) is 138 cm³/mol. The average molecular weight is 504 g/mol. The molecule has 0 saturated heterocycles. The standard InChI is InChI=1S/C25H25N6O4P/c1-34-14-6-8-18-16(10-14)25(24(32)27-18)11-17(25)13-5-7-15-19(9-13)30-31-21(15)29-22-23(35-2)28-20(12-26-22)36(3,4)33/h5-10,12,17H,11H2,1-4H3,(H,27,32)(H2,26,29,30,31)/t17-,25-/m0/s1. The SMILES string of the molecule is COc1ccc2c(c1)[C@]1(C[C@H]1c1ccc3c(Nc4ncc(P(C)(C)=O)nc4OC)n[nH]c3c1)C(=O)N2. The van der Waals surface area contributed by atoms with Gasteiger partial charge in [-0.25, -0.2) is 9.97 Å². The van der Waals surface area contributed by atoms with E-state index in [9.17, 15) is 9.36 Å². The van der Waals surface area contributed by atoms with E-state index in [1.54, 1.807) is 20.4 Å². The molecule has 0 radical (unpaired) electrons. The van der Waals surface area contributed by atoms with E-state index >= 15 is 0 Å². The molecule has 6 rings (SSSR count). The third-order valence-electron chi connectivity index (χ3n) is 7.02. The summed E-state index contributed by atoms with van der Waals surface area (Å²) in [6, 6.07) is 11.8. The van der Waals surface area contributed by atoms with Crippen LogP contribution in [0.25, 0.3) is 10.9 Å². The molecule has 184 valence electrons. The lowest BCUT2D eigenvalue weighted by atomic mass is 9.91. The molecule has 1 aliphatic carbocycles. The summed E-state index contributed by atoms with van der Waals surface area (Å²) in [5, 5.41) is 14.5. The number of fused-ring (bicyclic) bond motifs is 3. The van der Waals surface area contributed by atoms with Crippen LogP contribution in [0.5, 0.6) is 11.6 Å². The van der Waals surface area contributed by atoms with Gasteiger partial charge >= 0.3 is 0 Å². The van der Waals surface area contributed by atoms with Crippen molar-refractivity contribution in [3.8, 4) is 11.6 Å². The predicted octanol–water partition coefficient (Wildman–Crippen LogP) is 3.74. The summed E-state index contributed by atoms with van der Waals surface area (Å²) in [5.74, 6) is 2.01. The summed E-state index contributed by atoms with van der Waals surface area (Å²) in [4.78, 5) is 21.7. The Morgan fingerprint density at radius 1 is 1.11 bits per heavy atom. The first kappa shape index (κ1) is 22.5. The summed E-state index contributed by atoms with van der Waals surface area (Å²) in [6.07, 6.45) is 2.23. The van der Waals surface area contributed by atoms with Crippen LogP contribution >= 0.6 is 7.14 Å². The zero-order chi connectivity index (χ0) is 25.2. The van der Waals surface area contributed by atoms with Crippen LogP contribution in [0.3, 0.4) is 0 Å². The van der Waals surface area contributed by atoms with Crippen LogP contribution < -0.4 is 25.5 Å². The first-order valence-corrected chi connectivity index (χ1v) is 14.1. The van der Waals surface area contributed by atoms with Crippen molar-refractivity contribution in [1.82, 2.24) is 20.2 Å². The molecule has 10 nitrogen and oxygen atoms in total. The van der Waals surface area contributed by atoms with Gasteiger partial charge in [-0.2, -0.15) is 5.10 Å². The molecule has 2 aliphatic rings. The second-order valence-electron chi connectivity index (χ2n) is 9.53. The summed E-state index contributed by atoms with van der Waals surface area (Å²) < 4.78 is 23.1. The number of carbonyl (C=O) groups is 1. The molecule has 3 N–H and O–H groups in total. The van der Waals surface area contributed by atoms with Gasteiger partial charge in [0.1, 0.15) is 18.3 Å². The quantitative estimate of drug-likeness (QED) is 0.339. The maximum atomic E-state index is 13.0. The molecule has 11 heteroatoms. The molecule has 2 aromatic heterocycles. The summed E-state index contributed by atoms with van der Waals surface area (Å²) in [7, 11) is 0.539. The van der Waals surface area contributed by atoms with Crippen molar-refractivity contribution in [3.05, 3.63) is 53.7 Å². The molecule has 2 atom stereocenters. The molecule has 36 heavy (non-hydrogen) atoms. The monoisotopic (exact) mass is 504 g/mol. The fraction of sp³-hybridized carbons (Fsp3) is 0.280. The third-order valence-corrected chi connectivity index (χ3v) is 8.34. The number of H-pyrrole nitrogens is 1. The van der Waals surface area contributed by atoms with Gasteiger partial charge in [0.25, 0.3) is 5.88 Å². The molecule has 0 bridgehead atoms. The number of ether oxygens (including phenoxy) is 2. The van der Waals surface area contributed by atoms with E-state index < -0.39 is 12.6 Å². The number of aromatic nitrogens is 4. The molecule has 1 spiro atoms. The van der Waals surface area contributed by atoms with Gasteiger partial charge in [-0.3, -0.25) is 9.89 Å². The van der Waals surface area contributed by atoms with Crippen molar-refractivity contribution < 1.29 is 18.8 Å². The number of nitrogens with zero attached hydrogens (tertiary/aromatic N) is 3. The van der Waals surface area contributed by atoms with E-state index in [4.69, 9.17) is 9.47 Å². The summed E-state index contributed by atoms with van der Waals surface area (Å²) in [5.41, 5.74) is 3.56. The van der Waals surface area contributed by atoms with Gasteiger partial charge in [-0.05, 0) is 61.2 Å². The number of anilines is 3. The Hall–Kier alpha value is -3.91. The van der Waals surface area contributed by atoms with Crippen molar-refractivity contribution in [3.63, 3.8) is 0 Å². The van der Waals surface area contributed by atoms with Gasteiger partial charge in [0, 0.05) is 17.0 Å². The van der Waals surface area contributed by atoms with Crippen LogP contribution in [-0.4, -0.2) is 53.6 Å². The molecule has 1 aliphatic heterocycles. The molecular weight excluding hydrogens is 479 g/mol. The molecule has 1 amide bonds. The van der Waals surface area contributed by atoms with E-state index in [1.807, 2.05) is 36.4 Å². The fourth-order valence-electron chi connectivity index (χ4n) is 5.01. The lowest BCUT2D eigenvalue weighted by molar-refractivity contribution is -0.118. The number of aromatic amines is 1. The number of nitrogens with one attached hydrogen (secondary N) is 3. The highest BCUT2D eigenvalue weighted by Crippen LogP contribution is 2.65. The highest BCUT2D eigenvalue weighted by molar-refractivity contribution is 7.69. The zero-order valence-electron chi connectivity index (χ0n) is 20.2. The van der Waals surface area contributed by atoms with Crippen LogP contribution in [0.4, 0.5) is 17.3 Å². The zero-order valence-corrected chi connectivity index (χ0v) is 21.1. The van der Waals surface area contributed by atoms with Gasteiger partial charge in [0.05, 0.1) is 31.3 Å². The number of methoxy groups -OCH3 is 2. The Kier molecular flexibility index (Phi) is 4.88. The van der Waals surface area contributed by atoms with Gasteiger partial charge in [0.15, 0.2) is 11.6 Å². The molecule has 3 heterocycles. The minimum absolute atomic E-state index is 0.0284. The van der Waals surface area contributed by atoms with Crippen molar-refractivity contribution in [2.45, 2.75) is 17.8 Å². The third kappa shape index (κ3) is 3.36. The maximum Gasteiger partial charge on any atom is 0.258 e. The molecule has 1 saturated carbocycles. The molecule has 0 unspecified atom stereocenters. The number of hydrogen-bond acceptors (Lipinski definition) is 8. The van der Waals surface area contributed by atoms with Crippen molar-refractivity contribution in [1.29, 1.82) is 0 Å². The minimum atomic E-state index is -2.58. The largest absolute Gasteiger partial charge is 0.497 e. The molecule has 1 fully saturated rings. The van der Waals surface area contributed by atoms with Gasteiger partial charge in [-0.15, -0.1) is 0 Å². The minimum Gasteiger partial charge on any atom is -0.497 e. The second kappa shape index (κ2) is 7.80. The van der Waals surface area contributed by atoms with Crippen LogP contribution in [0.15, 0.2) is 42.6 Å². The molecular formula is C25H25N6O4P. The van der Waals surface area contributed by atoms with Crippen molar-refractivity contribution in [2.24, 2.45) is 0 Å². The van der Waals surface area contributed by atoms with Crippen LogP contribution in [-0.2, 0) is 14.8 Å². The van der Waals surface area contributed by atoms with Gasteiger partial charge in [-0.1, -0.05) is 6.07 Å². The van der Waals surface area contributed by atoms with Crippen molar-refractivity contribution >= 4 is 46.7 Å².